The normalized spacial score (nSPS) is 10.7. The number of benzene rings is 1. The van der Waals surface area contributed by atoms with Gasteiger partial charge in [0.2, 0.25) is 0 Å². The lowest BCUT2D eigenvalue weighted by Crippen LogP contribution is -1.76. The number of nitrogens with zero attached hydrogens (tertiary/aromatic N) is 2. The molecule has 0 fully saturated rings. The second-order valence-corrected chi connectivity index (χ2v) is 3.23. The van der Waals surface area contributed by atoms with Crippen LogP contribution in [-0.2, 0) is 0 Å². The van der Waals surface area contributed by atoms with Gasteiger partial charge in [-0.05, 0) is 18.6 Å². The van der Waals surface area contributed by atoms with Crippen molar-refractivity contribution in [3.8, 4) is 0 Å². The van der Waals surface area contributed by atoms with Gasteiger partial charge in [-0.1, -0.05) is 17.7 Å². The fourth-order valence-corrected chi connectivity index (χ4v) is 1.72. The predicted octanol–water partition coefficient (Wildman–Crippen LogP) is 2.65. The van der Waals surface area contributed by atoms with E-state index in [0.29, 0.717) is 0 Å². The standard InChI is InChI=1S/C7H5ClN2S/c1-4-2-3-5-7(6(4)8)10-11-9-5/h2-3H,1H3. The predicted molar refractivity (Wildman–Crippen MR) is 47.2 cm³/mol. The third kappa shape index (κ3) is 1.01. The van der Waals surface area contributed by atoms with E-state index in [9.17, 15) is 0 Å². The summed E-state index contributed by atoms with van der Waals surface area (Å²) in [4.78, 5) is 0. The van der Waals surface area contributed by atoms with Crippen molar-refractivity contribution in [2.75, 3.05) is 0 Å². The molecule has 0 aliphatic carbocycles. The van der Waals surface area contributed by atoms with Crippen molar-refractivity contribution >= 4 is 34.4 Å². The molecule has 0 saturated heterocycles. The van der Waals surface area contributed by atoms with Gasteiger partial charge in [-0.3, -0.25) is 0 Å². The van der Waals surface area contributed by atoms with Gasteiger partial charge >= 0.3 is 0 Å². The SMILES string of the molecule is Cc1ccc2nsnc2c1Cl. The highest BCUT2D eigenvalue weighted by atomic mass is 35.5. The Hall–Kier alpha value is -0.670. The number of fused-ring (bicyclic) bond motifs is 1. The summed E-state index contributed by atoms with van der Waals surface area (Å²) < 4.78 is 8.14. The van der Waals surface area contributed by atoms with Crippen LogP contribution >= 0.6 is 23.3 Å². The van der Waals surface area contributed by atoms with E-state index >= 15 is 0 Å². The number of aryl methyl sites for hydroxylation is 1. The minimum Gasteiger partial charge on any atom is -0.173 e. The molecule has 2 nitrogen and oxygen atoms in total. The molecule has 4 heteroatoms. The summed E-state index contributed by atoms with van der Waals surface area (Å²) in [7, 11) is 0. The van der Waals surface area contributed by atoms with Crippen LogP contribution in [-0.4, -0.2) is 8.75 Å². The van der Waals surface area contributed by atoms with Crippen molar-refractivity contribution in [1.82, 2.24) is 8.75 Å². The summed E-state index contributed by atoms with van der Waals surface area (Å²) in [6.07, 6.45) is 0. The van der Waals surface area contributed by atoms with Gasteiger partial charge in [-0.2, -0.15) is 8.75 Å². The first-order valence-corrected chi connectivity index (χ1v) is 4.27. The quantitative estimate of drug-likeness (QED) is 0.629. The second kappa shape index (κ2) is 2.43. The smallest absolute Gasteiger partial charge is 0.123 e. The Balaban J connectivity index is 2.93. The average Bonchev–Trinajstić information content (AvgIpc) is 2.45. The fraction of sp³-hybridized carbons (Fsp3) is 0.143. The Labute approximate surface area is 73.1 Å². The number of hydrogen-bond acceptors (Lipinski definition) is 3. The monoisotopic (exact) mass is 184 g/mol. The van der Waals surface area contributed by atoms with Crippen LogP contribution in [0.5, 0.6) is 0 Å². The Morgan fingerprint density at radius 3 is 3.00 bits per heavy atom. The Bertz CT molecular complexity index is 396. The molecular formula is C7H5ClN2S. The third-order valence-electron chi connectivity index (χ3n) is 1.56. The zero-order valence-corrected chi connectivity index (χ0v) is 7.41. The lowest BCUT2D eigenvalue weighted by Gasteiger charge is -1.94. The van der Waals surface area contributed by atoms with E-state index in [1.54, 1.807) is 0 Å². The highest BCUT2D eigenvalue weighted by Gasteiger charge is 2.04. The number of hydrogen-bond donors (Lipinski definition) is 0. The van der Waals surface area contributed by atoms with Gasteiger partial charge in [0.05, 0.1) is 16.8 Å². The summed E-state index contributed by atoms with van der Waals surface area (Å²) in [6.45, 7) is 1.96. The largest absolute Gasteiger partial charge is 0.173 e. The summed E-state index contributed by atoms with van der Waals surface area (Å²) >= 11 is 7.16. The first kappa shape index (κ1) is 7.00. The van der Waals surface area contributed by atoms with E-state index in [-0.39, 0.29) is 0 Å². The van der Waals surface area contributed by atoms with Crippen LogP contribution in [0.1, 0.15) is 5.56 Å². The maximum absolute atomic E-state index is 5.97. The molecule has 0 aliphatic rings. The van der Waals surface area contributed by atoms with Gasteiger partial charge in [0.25, 0.3) is 0 Å². The van der Waals surface area contributed by atoms with Crippen LogP contribution in [0.4, 0.5) is 0 Å². The maximum atomic E-state index is 5.97. The molecule has 1 aromatic heterocycles. The van der Waals surface area contributed by atoms with Crippen molar-refractivity contribution in [2.24, 2.45) is 0 Å². The average molecular weight is 185 g/mol. The lowest BCUT2D eigenvalue weighted by atomic mass is 10.2. The molecule has 11 heavy (non-hydrogen) atoms. The van der Waals surface area contributed by atoms with Crippen molar-refractivity contribution in [2.45, 2.75) is 6.92 Å². The van der Waals surface area contributed by atoms with Gasteiger partial charge in [0.1, 0.15) is 11.0 Å². The van der Waals surface area contributed by atoms with E-state index in [0.717, 1.165) is 21.6 Å². The Morgan fingerprint density at radius 1 is 1.36 bits per heavy atom. The molecule has 0 radical (unpaired) electrons. The van der Waals surface area contributed by atoms with Crippen LogP contribution < -0.4 is 0 Å². The zero-order valence-electron chi connectivity index (χ0n) is 5.84. The van der Waals surface area contributed by atoms with Crippen LogP contribution in [0.15, 0.2) is 12.1 Å². The number of rotatable bonds is 0. The first-order chi connectivity index (χ1) is 5.29. The van der Waals surface area contributed by atoms with Gasteiger partial charge in [0.15, 0.2) is 0 Å². The lowest BCUT2D eigenvalue weighted by molar-refractivity contribution is 1.48. The van der Waals surface area contributed by atoms with Crippen molar-refractivity contribution < 1.29 is 0 Å². The van der Waals surface area contributed by atoms with Crippen molar-refractivity contribution in [3.05, 3.63) is 22.7 Å². The number of aromatic nitrogens is 2. The molecule has 0 unspecified atom stereocenters. The molecule has 0 amide bonds. The van der Waals surface area contributed by atoms with Crippen LogP contribution in [0.25, 0.3) is 11.0 Å². The van der Waals surface area contributed by atoms with E-state index < -0.39 is 0 Å². The van der Waals surface area contributed by atoms with E-state index in [4.69, 9.17) is 11.6 Å². The fourth-order valence-electron chi connectivity index (χ4n) is 0.921. The Kier molecular flexibility index (Phi) is 1.55. The molecule has 1 aromatic carbocycles. The minimum atomic E-state index is 0.719. The maximum Gasteiger partial charge on any atom is 0.123 e. The molecular weight excluding hydrogens is 180 g/mol. The molecule has 2 aromatic rings. The van der Waals surface area contributed by atoms with E-state index in [1.165, 1.54) is 11.7 Å². The molecule has 0 N–H and O–H groups in total. The Morgan fingerprint density at radius 2 is 2.18 bits per heavy atom. The third-order valence-corrected chi connectivity index (χ3v) is 2.58. The molecule has 2 rings (SSSR count). The highest BCUT2D eigenvalue weighted by molar-refractivity contribution is 7.00. The second-order valence-electron chi connectivity index (χ2n) is 2.33. The zero-order chi connectivity index (χ0) is 7.84. The number of halogens is 1. The summed E-state index contributed by atoms with van der Waals surface area (Å²) in [5.41, 5.74) is 2.74. The first-order valence-electron chi connectivity index (χ1n) is 3.16. The van der Waals surface area contributed by atoms with Crippen LogP contribution in [0.2, 0.25) is 5.02 Å². The molecule has 56 valence electrons. The van der Waals surface area contributed by atoms with Gasteiger partial charge in [0, 0.05) is 0 Å². The molecule has 0 saturated carbocycles. The minimum absolute atomic E-state index is 0.719. The van der Waals surface area contributed by atoms with E-state index in [2.05, 4.69) is 8.75 Å². The molecule has 1 heterocycles. The van der Waals surface area contributed by atoms with Crippen molar-refractivity contribution in [1.29, 1.82) is 0 Å². The summed E-state index contributed by atoms with van der Waals surface area (Å²) in [6, 6.07) is 3.88. The molecule has 0 atom stereocenters. The topological polar surface area (TPSA) is 25.8 Å². The van der Waals surface area contributed by atoms with Gasteiger partial charge < -0.3 is 0 Å². The van der Waals surface area contributed by atoms with Crippen LogP contribution in [0, 0.1) is 6.92 Å². The molecule has 0 aliphatic heterocycles. The highest BCUT2D eigenvalue weighted by Crippen LogP contribution is 2.24. The van der Waals surface area contributed by atoms with Crippen molar-refractivity contribution in [3.63, 3.8) is 0 Å². The summed E-state index contributed by atoms with van der Waals surface area (Å²) in [5, 5.41) is 0.719. The van der Waals surface area contributed by atoms with Gasteiger partial charge in [-0.15, -0.1) is 0 Å². The van der Waals surface area contributed by atoms with Crippen LogP contribution in [0.3, 0.4) is 0 Å². The summed E-state index contributed by atoms with van der Waals surface area (Å²) in [5.74, 6) is 0. The van der Waals surface area contributed by atoms with E-state index in [1.807, 2.05) is 19.1 Å². The van der Waals surface area contributed by atoms with Gasteiger partial charge in [-0.25, -0.2) is 0 Å². The molecule has 0 spiro atoms. The molecule has 0 bridgehead atoms.